The molecule has 0 radical (unpaired) electrons. The van der Waals surface area contributed by atoms with Crippen LogP contribution in [0.15, 0.2) is 24.4 Å². The van der Waals surface area contributed by atoms with Gasteiger partial charge in [0.1, 0.15) is 6.61 Å². The highest BCUT2D eigenvalue weighted by Crippen LogP contribution is 1.94. The Morgan fingerprint density at radius 3 is 3.00 bits per heavy atom. The monoisotopic (exact) mass is 167 g/mol. The zero-order valence-corrected chi connectivity index (χ0v) is 6.43. The predicted octanol–water partition coefficient (Wildman–Crippen LogP) is 1.32. The molecule has 0 atom stereocenters. The van der Waals surface area contributed by atoms with E-state index >= 15 is 0 Å². The summed E-state index contributed by atoms with van der Waals surface area (Å²) < 4.78 is 4.32. The molecule has 12 heavy (non-hydrogen) atoms. The summed E-state index contributed by atoms with van der Waals surface area (Å²) in [6.45, 7) is 0.159. The first-order valence-electron chi connectivity index (χ1n) is 3.54. The van der Waals surface area contributed by atoms with E-state index in [0.717, 1.165) is 5.69 Å². The first-order valence-corrected chi connectivity index (χ1v) is 3.54. The van der Waals surface area contributed by atoms with Gasteiger partial charge >= 0.3 is 6.16 Å². The van der Waals surface area contributed by atoms with Crippen LogP contribution in [0.2, 0.25) is 0 Å². The molecule has 0 spiro atoms. The summed E-state index contributed by atoms with van der Waals surface area (Å²) in [6.07, 6.45) is 0.939. The normalized spacial score (nSPS) is 9.33. The number of rotatable bonds is 3. The van der Waals surface area contributed by atoms with Gasteiger partial charge in [0, 0.05) is 18.3 Å². The van der Waals surface area contributed by atoms with Crippen LogP contribution in [0.1, 0.15) is 5.69 Å². The molecule has 1 aromatic rings. The average Bonchev–Trinajstić information content (AvgIpc) is 2.05. The summed E-state index contributed by atoms with van der Waals surface area (Å²) in [7, 11) is 0. The maximum atomic E-state index is 9.95. The predicted molar refractivity (Wildman–Crippen MR) is 41.9 cm³/mol. The molecule has 0 saturated heterocycles. The number of nitrogens with zero attached hydrogens (tertiary/aromatic N) is 1. The third-order valence-corrected chi connectivity index (χ3v) is 1.31. The molecule has 64 valence electrons. The van der Waals surface area contributed by atoms with Gasteiger partial charge in [-0.25, -0.2) is 4.79 Å². The van der Waals surface area contributed by atoms with Crippen LogP contribution in [-0.2, 0) is 11.2 Å². The molecule has 1 rings (SSSR count). The summed E-state index contributed by atoms with van der Waals surface area (Å²) in [5.41, 5.74) is 0.832. The summed E-state index contributed by atoms with van der Waals surface area (Å²) >= 11 is 0. The SMILES string of the molecule is O=C(O)OCCc1ccccn1. The Kier molecular flexibility index (Phi) is 3.07. The van der Waals surface area contributed by atoms with Crippen LogP contribution in [-0.4, -0.2) is 22.9 Å². The highest BCUT2D eigenvalue weighted by Gasteiger charge is 1.97. The number of carbonyl (C=O) groups is 1. The van der Waals surface area contributed by atoms with Crippen molar-refractivity contribution in [2.45, 2.75) is 6.42 Å². The highest BCUT2D eigenvalue weighted by molar-refractivity contribution is 5.56. The van der Waals surface area contributed by atoms with Crippen molar-refractivity contribution < 1.29 is 14.6 Å². The molecule has 0 aliphatic rings. The fourth-order valence-corrected chi connectivity index (χ4v) is 0.789. The second-order valence-corrected chi connectivity index (χ2v) is 2.19. The molecular formula is C8H9NO3. The lowest BCUT2D eigenvalue weighted by molar-refractivity contribution is 0.0925. The van der Waals surface area contributed by atoms with Gasteiger partial charge in [0.25, 0.3) is 0 Å². The number of aromatic nitrogens is 1. The van der Waals surface area contributed by atoms with E-state index in [1.54, 1.807) is 6.20 Å². The highest BCUT2D eigenvalue weighted by atomic mass is 16.7. The Bertz CT molecular complexity index is 248. The minimum absolute atomic E-state index is 0.159. The fourth-order valence-electron chi connectivity index (χ4n) is 0.789. The minimum Gasteiger partial charge on any atom is -0.450 e. The maximum absolute atomic E-state index is 9.95. The van der Waals surface area contributed by atoms with Gasteiger partial charge in [-0.3, -0.25) is 4.98 Å². The lowest BCUT2D eigenvalue weighted by Crippen LogP contribution is -2.04. The summed E-state index contributed by atoms with van der Waals surface area (Å²) in [5.74, 6) is 0. The molecule has 0 aromatic carbocycles. The van der Waals surface area contributed by atoms with Crippen LogP contribution in [0, 0.1) is 0 Å². The first kappa shape index (κ1) is 8.52. The van der Waals surface area contributed by atoms with Crippen molar-refractivity contribution in [3.8, 4) is 0 Å². The van der Waals surface area contributed by atoms with E-state index in [0.29, 0.717) is 6.42 Å². The molecule has 4 nitrogen and oxygen atoms in total. The van der Waals surface area contributed by atoms with Crippen LogP contribution in [0.4, 0.5) is 4.79 Å². The van der Waals surface area contributed by atoms with Gasteiger partial charge in [0.2, 0.25) is 0 Å². The van der Waals surface area contributed by atoms with Crippen LogP contribution in [0.25, 0.3) is 0 Å². The molecule has 0 aliphatic carbocycles. The molecular weight excluding hydrogens is 158 g/mol. The van der Waals surface area contributed by atoms with Crippen molar-refractivity contribution in [3.63, 3.8) is 0 Å². The van der Waals surface area contributed by atoms with E-state index in [4.69, 9.17) is 5.11 Å². The summed E-state index contributed by atoms with van der Waals surface area (Å²) in [4.78, 5) is 13.9. The number of hydrogen-bond donors (Lipinski definition) is 1. The Hall–Kier alpha value is -1.58. The number of pyridine rings is 1. The largest absolute Gasteiger partial charge is 0.505 e. The van der Waals surface area contributed by atoms with Gasteiger partial charge < -0.3 is 9.84 Å². The van der Waals surface area contributed by atoms with Gasteiger partial charge in [0.15, 0.2) is 0 Å². The van der Waals surface area contributed by atoms with Gasteiger partial charge in [0.05, 0.1) is 0 Å². The standard InChI is InChI=1S/C8H9NO3/c10-8(11)12-6-4-7-3-1-2-5-9-7/h1-3,5H,4,6H2,(H,10,11). The minimum atomic E-state index is -1.24. The van der Waals surface area contributed by atoms with Crippen molar-refractivity contribution in [1.29, 1.82) is 0 Å². The molecule has 0 saturated carbocycles. The number of carboxylic acid groups (broad SMARTS) is 1. The zero-order chi connectivity index (χ0) is 8.81. The molecule has 1 aromatic heterocycles. The van der Waals surface area contributed by atoms with Crippen molar-refractivity contribution in [2.75, 3.05) is 6.61 Å². The molecule has 4 heteroatoms. The lowest BCUT2D eigenvalue weighted by atomic mass is 10.3. The van der Waals surface area contributed by atoms with Gasteiger partial charge in [-0.05, 0) is 12.1 Å². The Balaban J connectivity index is 2.29. The number of hydrogen-bond acceptors (Lipinski definition) is 3. The van der Waals surface area contributed by atoms with Gasteiger partial charge in [-0.2, -0.15) is 0 Å². The Morgan fingerprint density at radius 2 is 2.42 bits per heavy atom. The molecule has 0 bridgehead atoms. The molecule has 0 fully saturated rings. The van der Waals surface area contributed by atoms with Crippen molar-refractivity contribution in [3.05, 3.63) is 30.1 Å². The average molecular weight is 167 g/mol. The quantitative estimate of drug-likeness (QED) is 0.689. The maximum Gasteiger partial charge on any atom is 0.505 e. The number of ether oxygens (including phenoxy) is 1. The molecule has 0 aliphatic heterocycles. The first-order chi connectivity index (χ1) is 5.79. The van der Waals surface area contributed by atoms with Crippen LogP contribution < -0.4 is 0 Å². The molecule has 0 unspecified atom stereocenters. The van der Waals surface area contributed by atoms with Gasteiger partial charge in [-0.15, -0.1) is 0 Å². The molecule has 1 heterocycles. The lowest BCUT2D eigenvalue weighted by Gasteiger charge is -1.98. The second kappa shape index (κ2) is 4.33. The van der Waals surface area contributed by atoms with Crippen LogP contribution in [0.3, 0.4) is 0 Å². The summed E-state index contributed by atoms with van der Waals surface area (Å²) in [5, 5.41) is 8.15. The van der Waals surface area contributed by atoms with Crippen molar-refractivity contribution >= 4 is 6.16 Å². The second-order valence-electron chi connectivity index (χ2n) is 2.19. The van der Waals surface area contributed by atoms with E-state index in [1.165, 1.54) is 0 Å². The van der Waals surface area contributed by atoms with Crippen LogP contribution >= 0.6 is 0 Å². The zero-order valence-electron chi connectivity index (χ0n) is 6.43. The smallest absolute Gasteiger partial charge is 0.450 e. The third-order valence-electron chi connectivity index (χ3n) is 1.31. The van der Waals surface area contributed by atoms with Crippen molar-refractivity contribution in [2.24, 2.45) is 0 Å². The third kappa shape index (κ3) is 3.01. The van der Waals surface area contributed by atoms with Gasteiger partial charge in [-0.1, -0.05) is 6.07 Å². The topological polar surface area (TPSA) is 59.4 Å². The van der Waals surface area contributed by atoms with E-state index < -0.39 is 6.16 Å². The molecule has 0 amide bonds. The van der Waals surface area contributed by atoms with E-state index in [1.807, 2.05) is 18.2 Å². The van der Waals surface area contributed by atoms with E-state index in [2.05, 4.69) is 9.72 Å². The van der Waals surface area contributed by atoms with Crippen molar-refractivity contribution in [1.82, 2.24) is 4.98 Å². The van der Waals surface area contributed by atoms with Crippen LogP contribution in [0.5, 0.6) is 0 Å². The summed E-state index contributed by atoms with van der Waals surface area (Å²) in [6, 6.07) is 5.48. The van der Waals surface area contributed by atoms with E-state index in [-0.39, 0.29) is 6.61 Å². The molecule has 1 N–H and O–H groups in total. The fraction of sp³-hybridized carbons (Fsp3) is 0.250. The Labute approximate surface area is 69.8 Å². The Morgan fingerprint density at radius 1 is 1.58 bits per heavy atom. The van der Waals surface area contributed by atoms with E-state index in [9.17, 15) is 4.79 Å².